The summed E-state index contributed by atoms with van der Waals surface area (Å²) in [6.45, 7) is -0.595. The summed E-state index contributed by atoms with van der Waals surface area (Å²) in [5, 5.41) is 34.2. The lowest BCUT2D eigenvalue weighted by Crippen LogP contribution is -2.27. The molecule has 2 amide bonds. The molecule has 0 fully saturated rings. The third-order valence-corrected chi connectivity index (χ3v) is 5.53. The predicted octanol–water partition coefficient (Wildman–Crippen LogP) is 0.547. The molecule has 0 radical (unpaired) electrons. The SMILES string of the molecule is O=C(NCCO)c1ccc2c(c1)C(=O)C(c1nc3ccccc3c(C(=O)NCCO)c1O)C2=O. The van der Waals surface area contributed by atoms with Crippen molar-refractivity contribution in [2.24, 2.45) is 0 Å². The van der Waals surface area contributed by atoms with Crippen LogP contribution in [0.15, 0.2) is 42.5 Å². The van der Waals surface area contributed by atoms with E-state index < -0.39 is 35.0 Å². The van der Waals surface area contributed by atoms with Crippen LogP contribution in [0.1, 0.15) is 53.0 Å². The number of carbonyl (C=O) groups excluding carboxylic acids is 4. The normalized spacial score (nSPS) is 14.8. The third kappa shape index (κ3) is 3.89. The Hall–Kier alpha value is -4.15. The number of aromatic hydroxyl groups is 1. The Labute approximate surface area is 193 Å². The van der Waals surface area contributed by atoms with Gasteiger partial charge in [-0.1, -0.05) is 18.2 Å². The Morgan fingerprint density at radius 1 is 0.882 bits per heavy atom. The number of Topliss-reactive ketones (excluding diaryl/α,β-unsaturated/α-hetero) is 2. The van der Waals surface area contributed by atoms with E-state index in [9.17, 15) is 24.3 Å². The highest BCUT2D eigenvalue weighted by molar-refractivity contribution is 6.30. The maximum absolute atomic E-state index is 13.3. The predicted molar refractivity (Wildman–Crippen MR) is 120 cm³/mol. The molecule has 10 heteroatoms. The van der Waals surface area contributed by atoms with Gasteiger partial charge in [0.2, 0.25) is 0 Å². The number of aliphatic hydroxyl groups excluding tert-OH is 2. The van der Waals surface area contributed by atoms with Gasteiger partial charge in [0.25, 0.3) is 11.8 Å². The highest BCUT2D eigenvalue weighted by Crippen LogP contribution is 2.40. The number of nitrogens with zero attached hydrogens (tertiary/aromatic N) is 1. The Morgan fingerprint density at radius 2 is 1.53 bits per heavy atom. The minimum absolute atomic E-state index is 0.00675. The van der Waals surface area contributed by atoms with E-state index in [0.29, 0.717) is 10.9 Å². The van der Waals surface area contributed by atoms with E-state index in [0.717, 1.165) is 0 Å². The molecule has 1 aliphatic carbocycles. The number of nitrogens with one attached hydrogen (secondary N) is 2. The van der Waals surface area contributed by atoms with Gasteiger partial charge in [0.05, 0.1) is 24.3 Å². The number of ketones is 2. The molecule has 1 aromatic heterocycles. The van der Waals surface area contributed by atoms with Crippen molar-refractivity contribution in [1.82, 2.24) is 15.6 Å². The third-order valence-electron chi connectivity index (χ3n) is 5.53. The zero-order valence-corrected chi connectivity index (χ0v) is 17.9. The number of para-hydroxylation sites is 1. The second kappa shape index (κ2) is 9.38. The van der Waals surface area contributed by atoms with Crippen LogP contribution >= 0.6 is 0 Å². The summed E-state index contributed by atoms with van der Waals surface area (Å²) in [7, 11) is 0. The highest BCUT2D eigenvalue weighted by atomic mass is 16.3. The van der Waals surface area contributed by atoms with Gasteiger partial charge in [0.15, 0.2) is 17.3 Å². The quantitative estimate of drug-likeness (QED) is 0.317. The zero-order valence-electron chi connectivity index (χ0n) is 17.9. The number of amides is 2. The molecule has 1 unspecified atom stereocenters. The van der Waals surface area contributed by atoms with Crippen LogP contribution in [0.5, 0.6) is 5.75 Å². The van der Waals surface area contributed by atoms with E-state index in [2.05, 4.69) is 15.6 Å². The summed E-state index contributed by atoms with van der Waals surface area (Å²) in [5.74, 6) is -4.56. The molecule has 0 aliphatic heterocycles. The number of pyridine rings is 1. The van der Waals surface area contributed by atoms with E-state index >= 15 is 0 Å². The maximum atomic E-state index is 13.3. The monoisotopic (exact) mass is 463 g/mol. The Kier molecular flexibility index (Phi) is 6.35. The van der Waals surface area contributed by atoms with Crippen molar-refractivity contribution in [2.45, 2.75) is 5.92 Å². The average Bonchev–Trinajstić information content (AvgIpc) is 3.09. The first-order valence-electron chi connectivity index (χ1n) is 10.5. The molecule has 2 aromatic carbocycles. The van der Waals surface area contributed by atoms with Crippen molar-refractivity contribution in [3.8, 4) is 5.75 Å². The minimum Gasteiger partial charge on any atom is -0.505 e. The average molecular weight is 463 g/mol. The summed E-state index contributed by atoms with van der Waals surface area (Å²) in [6, 6.07) is 10.5. The van der Waals surface area contributed by atoms with Gasteiger partial charge in [0.1, 0.15) is 11.6 Å². The number of aromatic nitrogens is 1. The van der Waals surface area contributed by atoms with Crippen LogP contribution in [0, 0.1) is 0 Å². The van der Waals surface area contributed by atoms with Gasteiger partial charge in [-0.2, -0.15) is 0 Å². The number of aliphatic hydroxyl groups is 2. The summed E-state index contributed by atoms with van der Waals surface area (Å²) < 4.78 is 0. The smallest absolute Gasteiger partial charge is 0.255 e. The number of hydrogen-bond donors (Lipinski definition) is 5. The van der Waals surface area contributed by atoms with Crippen LogP contribution in [0.25, 0.3) is 10.9 Å². The molecule has 174 valence electrons. The van der Waals surface area contributed by atoms with E-state index in [1.54, 1.807) is 24.3 Å². The first kappa shape index (κ1) is 23.0. The molecular formula is C24H21N3O7. The van der Waals surface area contributed by atoms with E-state index in [1.807, 2.05) is 0 Å². The van der Waals surface area contributed by atoms with Crippen LogP contribution in [0.2, 0.25) is 0 Å². The Balaban J connectivity index is 1.80. The lowest BCUT2D eigenvalue weighted by atomic mass is 9.94. The molecule has 1 heterocycles. The lowest BCUT2D eigenvalue weighted by molar-refractivity contribution is 0.0880. The molecule has 3 aromatic rings. The largest absolute Gasteiger partial charge is 0.505 e. The van der Waals surface area contributed by atoms with Gasteiger partial charge in [-0.15, -0.1) is 0 Å². The molecule has 34 heavy (non-hydrogen) atoms. The number of hydrogen-bond acceptors (Lipinski definition) is 8. The Morgan fingerprint density at radius 3 is 2.24 bits per heavy atom. The molecule has 0 saturated carbocycles. The van der Waals surface area contributed by atoms with Crippen molar-refractivity contribution in [1.29, 1.82) is 0 Å². The van der Waals surface area contributed by atoms with Crippen LogP contribution < -0.4 is 10.6 Å². The zero-order chi connectivity index (χ0) is 24.4. The van der Waals surface area contributed by atoms with Crippen LogP contribution in [-0.4, -0.2) is 70.0 Å². The van der Waals surface area contributed by atoms with E-state index in [4.69, 9.17) is 10.2 Å². The fourth-order valence-corrected chi connectivity index (χ4v) is 3.96. The maximum Gasteiger partial charge on any atom is 0.255 e. The fourth-order valence-electron chi connectivity index (χ4n) is 3.96. The molecule has 4 rings (SSSR count). The first-order valence-corrected chi connectivity index (χ1v) is 10.5. The van der Waals surface area contributed by atoms with Gasteiger partial charge < -0.3 is 26.0 Å². The molecule has 1 atom stereocenters. The number of carbonyl (C=O) groups is 4. The highest BCUT2D eigenvalue weighted by Gasteiger charge is 2.43. The summed E-state index contributed by atoms with van der Waals surface area (Å²) in [4.78, 5) is 55.7. The van der Waals surface area contributed by atoms with Crippen LogP contribution in [0.4, 0.5) is 0 Å². The van der Waals surface area contributed by atoms with Crippen molar-refractivity contribution < 1.29 is 34.5 Å². The van der Waals surface area contributed by atoms with Crippen molar-refractivity contribution in [3.05, 3.63) is 70.4 Å². The summed E-state index contributed by atoms with van der Waals surface area (Å²) >= 11 is 0. The molecule has 0 bridgehead atoms. The van der Waals surface area contributed by atoms with Crippen LogP contribution in [0.3, 0.4) is 0 Å². The lowest BCUT2D eigenvalue weighted by Gasteiger charge is -2.15. The van der Waals surface area contributed by atoms with Gasteiger partial charge in [-0.05, 0) is 24.3 Å². The van der Waals surface area contributed by atoms with Gasteiger partial charge in [0, 0.05) is 35.2 Å². The topological polar surface area (TPSA) is 166 Å². The fraction of sp³-hybridized carbons (Fsp3) is 0.208. The molecular weight excluding hydrogens is 442 g/mol. The summed E-state index contributed by atoms with van der Waals surface area (Å²) in [6.07, 6.45) is 0. The second-order valence-corrected chi connectivity index (χ2v) is 7.62. The summed E-state index contributed by atoms with van der Waals surface area (Å²) in [5.41, 5.74) is 0.0977. The molecule has 5 N–H and O–H groups in total. The minimum atomic E-state index is -1.49. The molecule has 1 aliphatic rings. The molecule has 0 spiro atoms. The number of fused-ring (bicyclic) bond motifs is 2. The van der Waals surface area contributed by atoms with Crippen LogP contribution in [-0.2, 0) is 0 Å². The molecule has 10 nitrogen and oxygen atoms in total. The number of benzene rings is 2. The van der Waals surface area contributed by atoms with E-state index in [-0.39, 0.29) is 54.3 Å². The van der Waals surface area contributed by atoms with Crippen molar-refractivity contribution in [3.63, 3.8) is 0 Å². The van der Waals surface area contributed by atoms with Gasteiger partial charge in [-0.3, -0.25) is 19.2 Å². The number of rotatable bonds is 7. The van der Waals surface area contributed by atoms with Crippen molar-refractivity contribution >= 4 is 34.3 Å². The van der Waals surface area contributed by atoms with Gasteiger partial charge in [-0.25, -0.2) is 4.98 Å². The standard InChI is InChI=1S/C24H21N3O7/c28-9-7-25-23(33)12-5-6-13-15(11-12)21(31)18(20(13)30)19-22(32)17(24(34)26-8-10-29)14-3-1-2-4-16(14)27-19/h1-6,11,18,28-29,32H,7-10H2,(H,25,33)(H,26,34). The van der Waals surface area contributed by atoms with E-state index in [1.165, 1.54) is 18.2 Å². The Bertz CT molecular complexity index is 1340. The first-order chi connectivity index (χ1) is 16.4. The van der Waals surface area contributed by atoms with Gasteiger partial charge >= 0.3 is 0 Å². The second-order valence-electron chi connectivity index (χ2n) is 7.62. The van der Waals surface area contributed by atoms with Crippen molar-refractivity contribution in [2.75, 3.05) is 26.3 Å². The molecule has 0 saturated heterocycles.